The minimum Gasteiger partial charge on any atom is -0.478 e. The normalized spacial score (nSPS) is 25.3. The van der Waals surface area contributed by atoms with E-state index < -0.39 is 48.5 Å². The van der Waals surface area contributed by atoms with Gasteiger partial charge in [0, 0.05) is 12.2 Å². The lowest BCUT2D eigenvalue weighted by atomic mass is 10.1. The third kappa shape index (κ3) is 6.23. The van der Waals surface area contributed by atoms with E-state index in [1.54, 1.807) is 6.08 Å². The molecule has 5 atom stereocenters. The van der Waals surface area contributed by atoms with Crippen molar-refractivity contribution in [2.45, 2.75) is 56.3 Å². The fourth-order valence-corrected chi connectivity index (χ4v) is 4.71. The van der Waals surface area contributed by atoms with E-state index in [0.29, 0.717) is 0 Å². The van der Waals surface area contributed by atoms with Crippen LogP contribution in [0.1, 0.15) is 40.8 Å². The molecule has 1 unspecified atom stereocenters. The molecule has 13 heteroatoms. The number of fused-ring (bicyclic) bond motifs is 1. The van der Waals surface area contributed by atoms with Gasteiger partial charge in [0.1, 0.15) is 42.1 Å². The number of nitrogens with one attached hydrogen (secondary N) is 2. The summed E-state index contributed by atoms with van der Waals surface area (Å²) in [4.78, 5) is 40.4. The van der Waals surface area contributed by atoms with Gasteiger partial charge in [0.25, 0.3) is 0 Å². The van der Waals surface area contributed by atoms with E-state index in [9.17, 15) is 19.5 Å². The summed E-state index contributed by atoms with van der Waals surface area (Å²) in [5.74, 6) is -0.839. The zero-order valence-corrected chi connectivity index (χ0v) is 21.8. The number of hydrogen-bond acceptors (Lipinski definition) is 9. The van der Waals surface area contributed by atoms with E-state index in [2.05, 4.69) is 15.6 Å². The van der Waals surface area contributed by atoms with Gasteiger partial charge >= 0.3 is 17.7 Å². The first kappa shape index (κ1) is 26.9. The Kier molecular flexibility index (Phi) is 7.65. The predicted octanol–water partition coefficient (Wildman–Crippen LogP) is 2.76. The molecule has 0 spiro atoms. The van der Waals surface area contributed by atoms with E-state index in [4.69, 9.17) is 23.4 Å². The first-order chi connectivity index (χ1) is 19.9. The Morgan fingerprint density at radius 1 is 1.10 bits per heavy atom. The molecule has 0 radical (unpaired) electrons. The summed E-state index contributed by atoms with van der Waals surface area (Å²) in [6, 6.07) is 12.2. The molecule has 3 aliphatic rings. The molecule has 1 aromatic carbocycles. The van der Waals surface area contributed by atoms with Crippen molar-refractivity contribution in [2.75, 3.05) is 11.9 Å². The molecule has 2 amide bonds. The number of aromatic carboxylic acids is 1. The second-order valence-corrected chi connectivity index (χ2v) is 9.86. The highest BCUT2D eigenvalue weighted by molar-refractivity contribution is 5.89. The molecule has 2 aliphatic heterocycles. The number of anilines is 1. The van der Waals surface area contributed by atoms with Crippen LogP contribution >= 0.6 is 0 Å². The molecule has 3 N–H and O–H groups in total. The molecule has 2 aromatic heterocycles. The van der Waals surface area contributed by atoms with Gasteiger partial charge in [-0.15, -0.1) is 0 Å². The van der Waals surface area contributed by atoms with Gasteiger partial charge in [0.05, 0.1) is 12.9 Å². The minimum atomic E-state index is -1.12. The Morgan fingerprint density at radius 3 is 2.66 bits per heavy atom. The van der Waals surface area contributed by atoms with Crippen molar-refractivity contribution in [3.8, 4) is 0 Å². The standard InChI is InChI=1S/C28H28N4O9/c33-26(34)18-11-13-38-19(18)14-37-15-20-23-24(41-22(40-23)9-6-16-4-2-1-3-5-16)25(39-20)32-12-10-21(31-28(32)36)30-27(35)29-17-7-8-17/h1-6,9-13,17,20,22-25H,7-8,14-15H2,(H,33,34)(H2,29,30,31,35,36)/t20-,22+,23?,24+,25-/m1/s1. The average molecular weight is 565 g/mol. The van der Waals surface area contributed by atoms with Crippen molar-refractivity contribution in [1.82, 2.24) is 14.9 Å². The Bertz CT molecular complexity index is 1480. The summed E-state index contributed by atoms with van der Waals surface area (Å²) < 4.78 is 30.7. The molecule has 13 nitrogen and oxygen atoms in total. The molecular weight excluding hydrogens is 536 g/mol. The maximum Gasteiger partial charge on any atom is 0.351 e. The lowest BCUT2D eigenvalue weighted by Gasteiger charge is -2.20. The monoisotopic (exact) mass is 564 g/mol. The van der Waals surface area contributed by atoms with E-state index in [-0.39, 0.29) is 36.4 Å². The molecule has 3 fully saturated rings. The number of nitrogens with zero attached hydrogens (tertiary/aromatic N) is 2. The highest BCUT2D eigenvalue weighted by atomic mass is 16.8. The lowest BCUT2D eigenvalue weighted by molar-refractivity contribution is -0.141. The number of carbonyl (C=O) groups is 2. The Balaban J connectivity index is 1.17. The van der Waals surface area contributed by atoms with Crippen molar-refractivity contribution < 1.29 is 38.1 Å². The van der Waals surface area contributed by atoms with E-state index in [1.165, 1.54) is 29.2 Å². The second kappa shape index (κ2) is 11.7. The van der Waals surface area contributed by atoms with Gasteiger partial charge in [-0.05, 0) is 36.6 Å². The third-order valence-electron chi connectivity index (χ3n) is 6.86. The SMILES string of the molecule is O=C(Nc1ccn([C@@H]2O[C@H](COCc3occc3C(=O)O)C3O[C@H](C=Cc4ccccc4)O[C@@H]32)c(=O)n1)NC1CC1. The van der Waals surface area contributed by atoms with Crippen molar-refractivity contribution in [3.05, 3.63) is 88.4 Å². The zero-order valence-electron chi connectivity index (χ0n) is 21.8. The molecule has 2 saturated heterocycles. The molecule has 41 heavy (non-hydrogen) atoms. The Morgan fingerprint density at radius 2 is 1.90 bits per heavy atom. The minimum absolute atomic E-state index is 0.0109. The Labute approximate surface area is 233 Å². The van der Waals surface area contributed by atoms with Gasteiger partial charge in [0.2, 0.25) is 0 Å². The highest BCUT2D eigenvalue weighted by Gasteiger charge is 2.53. The van der Waals surface area contributed by atoms with Crippen molar-refractivity contribution in [1.29, 1.82) is 0 Å². The summed E-state index contributed by atoms with van der Waals surface area (Å²) in [6.45, 7) is -0.0847. The molecule has 6 rings (SSSR count). The molecule has 1 saturated carbocycles. The number of ether oxygens (including phenoxy) is 4. The summed E-state index contributed by atoms with van der Waals surface area (Å²) in [5.41, 5.74) is 0.330. The van der Waals surface area contributed by atoms with E-state index >= 15 is 0 Å². The number of amides is 2. The number of benzene rings is 1. The van der Waals surface area contributed by atoms with Crippen LogP contribution in [-0.4, -0.2) is 63.9 Å². The van der Waals surface area contributed by atoms with Crippen molar-refractivity contribution in [2.24, 2.45) is 0 Å². The maximum atomic E-state index is 13.0. The smallest absolute Gasteiger partial charge is 0.351 e. The topological polar surface area (TPSA) is 163 Å². The van der Waals surface area contributed by atoms with Gasteiger partial charge in [-0.25, -0.2) is 14.4 Å². The number of carbonyl (C=O) groups excluding carboxylic acids is 1. The van der Waals surface area contributed by atoms with E-state index in [0.717, 1.165) is 18.4 Å². The summed E-state index contributed by atoms with van der Waals surface area (Å²) in [5, 5.41) is 14.6. The zero-order chi connectivity index (χ0) is 28.3. The molecule has 1 aliphatic carbocycles. The number of urea groups is 1. The third-order valence-corrected chi connectivity index (χ3v) is 6.86. The average Bonchev–Trinajstić information content (AvgIpc) is 3.33. The van der Waals surface area contributed by atoms with Crippen molar-refractivity contribution >= 4 is 23.9 Å². The number of furan rings is 1. The molecule has 214 valence electrons. The fraction of sp³-hybridized carbons (Fsp3) is 0.357. The van der Waals surface area contributed by atoms with Crippen LogP contribution in [0.4, 0.5) is 10.6 Å². The first-order valence-electron chi connectivity index (χ1n) is 13.2. The fourth-order valence-electron chi connectivity index (χ4n) is 4.71. The van der Waals surface area contributed by atoms with Crippen LogP contribution in [0.3, 0.4) is 0 Å². The van der Waals surface area contributed by atoms with Crippen LogP contribution < -0.4 is 16.3 Å². The van der Waals surface area contributed by atoms with Gasteiger partial charge in [0.15, 0.2) is 12.5 Å². The summed E-state index contributed by atoms with van der Waals surface area (Å²) in [6.07, 6.45) is 4.74. The maximum absolute atomic E-state index is 13.0. The molecule has 0 bridgehead atoms. The highest BCUT2D eigenvalue weighted by Crippen LogP contribution is 2.39. The molecule has 4 heterocycles. The quantitative estimate of drug-likeness (QED) is 0.334. The van der Waals surface area contributed by atoms with Crippen LogP contribution in [0, 0.1) is 0 Å². The van der Waals surface area contributed by atoms with E-state index in [1.807, 2.05) is 36.4 Å². The van der Waals surface area contributed by atoms with Crippen LogP contribution in [-0.2, 0) is 25.6 Å². The molecule has 3 aromatic rings. The predicted molar refractivity (Wildman–Crippen MR) is 142 cm³/mol. The van der Waals surface area contributed by atoms with Crippen LogP contribution in [0.25, 0.3) is 6.08 Å². The number of hydrogen-bond donors (Lipinski definition) is 3. The number of rotatable bonds is 10. The van der Waals surface area contributed by atoms with Gasteiger partial charge < -0.3 is 33.8 Å². The first-order valence-corrected chi connectivity index (χ1v) is 13.2. The lowest BCUT2D eigenvalue weighted by Crippen LogP contribution is -2.36. The largest absolute Gasteiger partial charge is 0.478 e. The van der Waals surface area contributed by atoms with Crippen LogP contribution in [0.2, 0.25) is 0 Å². The van der Waals surface area contributed by atoms with Gasteiger partial charge in [-0.3, -0.25) is 9.88 Å². The number of carboxylic acid groups (broad SMARTS) is 1. The Hall–Kier alpha value is -4.30. The van der Waals surface area contributed by atoms with Crippen LogP contribution in [0.5, 0.6) is 0 Å². The molecular formula is C28H28N4O9. The van der Waals surface area contributed by atoms with Gasteiger partial charge in [-0.2, -0.15) is 4.98 Å². The van der Waals surface area contributed by atoms with Crippen molar-refractivity contribution in [3.63, 3.8) is 0 Å². The van der Waals surface area contributed by atoms with Crippen LogP contribution in [0.15, 0.2) is 70.2 Å². The second-order valence-electron chi connectivity index (χ2n) is 9.86. The number of aromatic nitrogens is 2. The summed E-state index contributed by atoms with van der Waals surface area (Å²) >= 11 is 0. The van der Waals surface area contributed by atoms with Gasteiger partial charge in [-0.1, -0.05) is 36.4 Å². The number of carboxylic acids is 1. The summed E-state index contributed by atoms with van der Waals surface area (Å²) in [7, 11) is 0.